The van der Waals surface area contributed by atoms with Gasteiger partial charge in [0.05, 0.1) is 23.2 Å². The van der Waals surface area contributed by atoms with Crippen LogP contribution in [0.15, 0.2) is 25.3 Å². The maximum absolute atomic E-state index is 14.7. The van der Waals surface area contributed by atoms with Gasteiger partial charge in [-0.1, -0.05) is 32.9 Å². The van der Waals surface area contributed by atoms with Crippen LogP contribution in [0.3, 0.4) is 0 Å². The summed E-state index contributed by atoms with van der Waals surface area (Å²) in [5.41, 5.74) is -0.449. The molecule has 220 valence electrons. The fourth-order valence-corrected chi connectivity index (χ4v) is 9.51. The largest absolute Gasteiger partial charge is 0.465 e. The van der Waals surface area contributed by atoms with Crippen LogP contribution in [-0.4, -0.2) is 80.6 Å². The third kappa shape index (κ3) is 6.58. The van der Waals surface area contributed by atoms with Gasteiger partial charge in [-0.2, -0.15) is 0 Å². The van der Waals surface area contributed by atoms with E-state index in [9.17, 15) is 19.5 Å². The van der Waals surface area contributed by atoms with Crippen molar-refractivity contribution in [2.24, 2.45) is 17.3 Å². The second-order valence-electron chi connectivity index (χ2n) is 13.3. The molecule has 3 heterocycles. The summed E-state index contributed by atoms with van der Waals surface area (Å²) in [5.74, 6) is -1.51. The Bertz CT molecular complexity index is 928. The molecule has 2 bridgehead atoms. The molecule has 0 aliphatic carbocycles. The van der Waals surface area contributed by atoms with Crippen molar-refractivity contribution < 1.29 is 24.2 Å². The summed E-state index contributed by atoms with van der Waals surface area (Å²) < 4.78 is 5.04. The van der Waals surface area contributed by atoms with Gasteiger partial charge < -0.3 is 19.6 Å². The summed E-state index contributed by atoms with van der Waals surface area (Å²) >= 11 is 1.68. The number of rotatable bonds is 15. The van der Waals surface area contributed by atoms with Crippen molar-refractivity contribution in [2.45, 2.75) is 108 Å². The zero-order valence-corrected chi connectivity index (χ0v) is 25.6. The van der Waals surface area contributed by atoms with E-state index < -0.39 is 28.2 Å². The minimum absolute atomic E-state index is 0.000509. The minimum atomic E-state index is -0.628. The van der Waals surface area contributed by atoms with Crippen molar-refractivity contribution in [1.82, 2.24) is 9.80 Å². The molecule has 39 heavy (non-hydrogen) atoms. The van der Waals surface area contributed by atoms with Crippen LogP contribution in [0, 0.1) is 17.3 Å². The Balaban J connectivity index is 1.97. The zero-order chi connectivity index (χ0) is 29.0. The van der Waals surface area contributed by atoms with Gasteiger partial charge in [-0.25, -0.2) is 0 Å². The Labute approximate surface area is 239 Å². The Morgan fingerprint density at radius 2 is 1.87 bits per heavy atom. The summed E-state index contributed by atoms with van der Waals surface area (Å²) in [7, 11) is 0. The molecule has 3 fully saturated rings. The number of hydrogen-bond donors (Lipinski definition) is 1. The van der Waals surface area contributed by atoms with E-state index in [2.05, 4.69) is 47.8 Å². The van der Waals surface area contributed by atoms with Gasteiger partial charge in [-0.3, -0.25) is 14.4 Å². The van der Waals surface area contributed by atoms with Gasteiger partial charge in [-0.15, -0.1) is 24.9 Å². The summed E-state index contributed by atoms with van der Waals surface area (Å²) in [4.78, 5) is 45.9. The van der Waals surface area contributed by atoms with Crippen molar-refractivity contribution >= 4 is 29.5 Å². The van der Waals surface area contributed by atoms with Gasteiger partial charge in [0, 0.05) is 30.5 Å². The van der Waals surface area contributed by atoms with E-state index in [1.54, 1.807) is 28.8 Å². The summed E-state index contributed by atoms with van der Waals surface area (Å²) in [5, 5.41) is 9.26. The molecule has 0 aromatic heterocycles. The van der Waals surface area contributed by atoms with Crippen LogP contribution >= 0.6 is 11.8 Å². The predicted octanol–water partition coefficient (Wildman–Crippen LogP) is 4.98. The average molecular weight is 563 g/mol. The molecule has 2 unspecified atom stereocenters. The van der Waals surface area contributed by atoms with Crippen LogP contribution in [0.4, 0.5) is 0 Å². The standard InChI is InChI=1S/C31H50N2O5S/c1-8-10-14-20-38-28(37)23-22-15-16-31(39-22)24(23)26(35)32(18-12-11-13-19-34)25(31)27(36)33(17-9-2)30(6,7)21-29(3,4)5/h8-9,22-25,34H,1-2,10-21H2,3-7H3/t22-,23+,24+,25?,31?/m1/s1. The number of fused-ring (bicyclic) bond motifs is 1. The SMILES string of the molecule is C=CCCCOC(=O)[C@@H]1[C@H]2C(=O)N(CCCCCO)C(C(=O)N(CC=C)C(C)(C)CC(C)(C)C)C23CC[C@H]1S3. The fourth-order valence-electron chi connectivity index (χ4n) is 7.31. The molecule has 0 aromatic carbocycles. The molecule has 1 N–H and O–H groups in total. The first-order valence-electron chi connectivity index (χ1n) is 14.6. The Morgan fingerprint density at radius 3 is 2.49 bits per heavy atom. The third-order valence-corrected chi connectivity index (χ3v) is 10.4. The molecule has 0 aromatic rings. The highest BCUT2D eigenvalue weighted by atomic mass is 32.2. The lowest BCUT2D eigenvalue weighted by molar-refractivity contribution is -0.154. The van der Waals surface area contributed by atoms with Crippen LogP contribution < -0.4 is 0 Å². The van der Waals surface area contributed by atoms with Crippen molar-refractivity contribution in [3.63, 3.8) is 0 Å². The maximum atomic E-state index is 14.7. The molecule has 3 aliphatic rings. The van der Waals surface area contributed by atoms with Crippen LogP contribution in [-0.2, 0) is 19.1 Å². The number of thioether (sulfide) groups is 1. The number of allylic oxidation sites excluding steroid dienone is 1. The molecule has 0 saturated carbocycles. The summed E-state index contributed by atoms with van der Waals surface area (Å²) in [6.07, 6.45) is 9.52. The van der Waals surface area contributed by atoms with Crippen LogP contribution in [0.2, 0.25) is 0 Å². The molecule has 3 aliphatic heterocycles. The molecule has 8 heteroatoms. The maximum Gasteiger partial charge on any atom is 0.310 e. The van der Waals surface area contributed by atoms with Crippen molar-refractivity contribution in [1.29, 1.82) is 0 Å². The average Bonchev–Trinajstić information content (AvgIpc) is 3.48. The number of esters is 1. The predicted molar refractivity (Wildman–Crippen MR) is 157 cm³/mol. The molecule has 3 saturated heterocycles. The molecule has 0 radical (unpaired) electrons. The molecule has 5 atom stereocenters. The number of nitrogens with zero attached hydrogens (tertiary/aromatic N) is 2. The smallest absolute Gasteiger partial charge is 0.310 e. The van der Waals surface area contributed by atoms with E-state index in [0.717, 1.165) is 32.1 Å². The van der Waals surface area contributed by atoms with E-state index in [1.807, 2.05) is 4.90 Å². The molecule has 2 amide bonds. The molecule has 1 spiro atoms. The van der Waals surface area contributed by atoms with E-state index in [1.165, 1.54) is 0 Å². The van der Waals surface area contributed by atoms with Gasteiger partial charge in [0.1, 0.15) is 6.04 Å². The number of aliphatic hydroxyl groups is 1. The number of amides is 2. The van der Waals surface area contributed by atoms with Crippen LogP contribution in [0.5, 0.6) is 0 Å². The molecular formula is C31H50N2O5S. The van der Waals surface area contributed by atoms with Crippen molar-refractivity contribution in [2.75, 3.05) is 26.3 Å². The quantitative estimate of drug-likeness (QED) is 0.172. The zero-order valence-electron chi connectivity index (χ0n) is 24.7. The molecular weight excluding hydrogens is 512 g/mol. The number of unbranched alkanes of at least 4 members (excludes halogenated alkanes) is 3. The highest BCUT2D eigenvalue weighted by molar-refractivity contribution is 8.02. The number of aliphatic hydroxyl groups excluding tert-OH is 1. The number of carbonyl (C=O) groups is 3. The lowest BCUT2D eigenvalue weighted by Gasteiger charge is -2.46. The lowest BCUT2D eigenvalue weighted by Crippen LogP contribution is -2.60. The van der Waals surface area contributed by atoms with E-state index >= 15 is 0 Å². The van der Waals surface area contributed by atoms with E-state index in [0.29, 0.717) is 39.0 Å². The van der Waals surface area contributed by atoms with E-state index in [-0.39, 0.29) is 35.1 Å². The minimum Gasteiger partial charge on any atom is -0.465 e. The third-order valence-electron chi connectivity index (χ3n) is 8.43. The van der Waals surface area contributed by atoms with Crippen LogP contribution in [0.1, 0.15) is 86.0 Å². The van der Waals surface area contributed by atoms with Gasteiger partial charge >= 0.3 is 5.97 Å². The monoisotopic (exact) mass is 562 g/mol. The second kappa shape index (κ2) is 12.8. The fraction of sp³-hybridized carbons (Fsp3) is 0.774. The molecule has 3 rings (SSSR count). The van der Waals surface area contributed by atoms with Crippen molar-refractivity contribution in [3.8, 4) is 0 Å². The number of ether oxygens (including phenoxy) is 1. The van der Waals surface area contributed by atoms with Gasteiger partial charge in [0.2, 0.25) is 11.8 Å². The topological polar surface area (TPSA) is 87.1 Å². The van der Waals surface area contributed by atoms with Gasteiger partial charge in [0.25, 0.3) is 0 Å². The number of hydrogen-bond acceptors (Lipinski definition) is 6. The first-order valence-corrected chi connectivity index (χ1v) is 15.5. The summed E-state index contributed by atoms with van der Waals surface area (Å²) in [6, 6.07) is -0.628. The number of carbonyl (C=O) groups excluding carboxylic acids is 3. The summed E-state index contributed by atoms with van der Waals surface area (Å²) in [6.45, 7) is 19.6. The Hall–Kier alpha value is -1.80. The van der Waals surface area contributed by atoms with Gasteiger partial charge in [-0.05, 0) is 70.6 Å². The first kappa shape index (κ1) is 31.7. The Kier molecular flexibility index (Phi) is 10.4. The lowest BCUT2D eigenvalue weighted by atomic mass is 9.71. The number of likely N-dealkylation sites (tertiary alicyclic amines) is 1. The van der Waals surface area contributed by atoms with E-state index in [4.69, 9.17) is 4.74 Å². The van der Waals surface area contributed by atoms with Gasteiger partial charge in [0.15, 0.2) is 0 Å². The first-order chi connectivity index (χ1) is 18.3. The molecule has 7 nitrogen and oxygen atoms in total. The second-order valence-corrected chi connectivity index (χ2v) is 14.9. The highest BCUT2D eigenvalue weighted by Gasteiger charge is 2.74. The van der Waals surface area contributed by atoms with Crippen LogP contribution in [0.25, 0.3) is 0 Å². The normalized spacial score (nSPS) is 27.9. The Morgan fingerprint density at radius 1 is 1.15 bits per heavy atom. The highest BCUT2D eigenvalue weighted by Crippen LogP contribution is 2.66. The van der Waals surface area contributed by atoms with Crippen molar-refractivity contribution in [3.05, 3.63) is 25.3 Å².